The van der Waals surface area contributed by atoms with Gasteiger partial charge in [0.1, 0.15) is 5.69 Å². The van der Waals surface area contributed by atoms with Gasteiger partial charge in [-0.15, -0.1) is 0 Å². The maximum atomic E-state index is 13.6. The quantitative estimate of drug-likeness (QED) is 0.397. The zero-order valence-corrected chi connectivity index (χ0v) is 19.3. The Morgan fingerprint density at radius 1 is 0.857 bits per heavy atom. The topological polar surface area (TPSA) is 65.1 Å². The highest BCUT2D eigenvalue weighted by molar-refractivity contribution is 5.96. The summed E-state index contributed by atoms with van der Waals surface area (Å²) in [5.41, 5.74) is 6.09. The van der Waals surface area contributed by atoms with Gasteiger partial charge in [-0.2, -0.15) is 0 Å². The molecule has 0 atom stereocenters. The first-order valence-electron chi connectivity index (χ1n) is 11.8. The van der Waals surface area contributed by atoms with E-state index in [0.29, 0.717) is 25.3 Å². The van der Waals surface area contributed by atoms with Crippen molar-refractivity contribution >= 4 is 22.4 Å². The average molecular weight is 460 g/mol. The lowest BCUT2D eigenvalue weighted by Crippen LogP contribution is -2.35. The minimum absolute atomic E-state index is 0.0461. The number of amides is 1. The number of H-pyrrole nitrogens is 1. The fraction of sp³-hybridized carbons (Fsp3) is 0.138. The summed E-state index contributed by atoms with van der Waals surface area (Å²) < 4.78 is 0. The lowest BCUT2D eigenvalue weighted by atomic mass is 10.0. The molecule has 0 saturated heterocycles. The van der Waals surface area contributed by atoms with E-state index in [1.54, 1.807) is 12.5 Å². The molecule has 2 aromatic heterocycles. The number of nitrogens with one attached hydrogen (secondary N) is 1. The molecule has 172 valence electrons. The number of anilines is 1. The zero-order chi connectivity index (χ0) is 23.6. The number of fused-ring (bicyclic) bond motifs is 2. The van der Waals surface area contributed by atoms with Crippen molar-refractivity contribution in [2.24, 2.45) is 0 Å². The van der Waals surface area contributed by atoms with Crippen LogP contribution in [0.5, 0.6) is 0 Å². The average Bonchev–Trinajstić information content (AvgIpc) is 3.36. The number of pyridine rings is 1. The minimum atomic E-state index is -0.0461. The van der Waals surface area contributed by atoms with Gasteiger partial charge < -0.3 is 14.8 Å². The van der Waals surface area contributed by atoms with Gasteiger partial charge in [-0.1, -0.05) is 60.7 Å². The molecular weight excluding hydrogens is 434 g/mol. The molecule has 3 heterocycles. The van der Waals surface area contributed by atoms with Gasteiger partial charge in [-0.25, -0.2) is 4.98 Å². The number of carbonyl (C=O) groups is 1. The first-order chi connectivity index (χ1) is 17.2. The van der Waals surface area contributed by atoms with Crippen LogP contribution in [0, 0.1) is 0 Å². The molecule has 1 aliphatic heterocycles. The molecule has 35 heavy (non-hydrogen) atoms. The van der Waals surface area contributed by atoms with Crippen LogP contribution < -0.4 is 4.90 Å². The van der Waals surface area contributed by atoms with Crippen molar-refractivity contribution in [3.8, 4) is 11.1 Å². The van der Waals surface area contributed by atoms with Crippen LogP contribution >= 0.6 is 0 Å². The largest absolute Gasteiger partial charge is 0.364 e. The number of aromatic amines is 1. The Labute approximate surface area is 203 Å². The first-order valence-corrected chi connectivity index (χ1v) is 11.8. The summed E-state index contributed by atoms with van der Waals surface area (Å²) in [7, 11) is 0. The van der Waals surface area contributed by atoms with Crippen LogP contribution in [-0.4, -0.2) is 38.8 Å². The van der Waals surface area contributed by atoms with Gasteiger partial charge in [0.15, 0.2) is 0 Å². The Bertz CT molecular complexity index is 1480. The molecule has 1 N–H and O–H groups in total. The number of carbonyl (C=O) groups excluding carboxylic acids is 1. The molecule has 6 rings (SSSR count). The third-order valence-electron chi connectivity index (χ3n) is 6.58. The molecule has 0 bridgehead atoms. The molecule has 0 radical (unpaired) electrons. The molecule has 0 unspecified atom stereocenters. The van der Waals surface area contributed by atoms with Crippen LogP contribution in [0.2, 0.25) is 0 Å². The van der Waals surface area contributed by atoms with Gasteiger partial charge in [0, 0.05) is 43.1 Å². The van der Waals surface area contributed by atoms with E-state index in [9.17, 15) is 4.79 Å². The summed E-state index contributed by atoms with van der Waals surface area (Å²) in [6, 6.07) is 26.8. The van der Waals surface area contributed by atoms with Crippen molar-refractivity contribution in [2.75, 3.05) is 18.0 Å². The maximum absolute atomic E-state index is 13.6. The number of hydrogen-bond acceptors (Lipinski definition) is 4. The summed E-state index contributed by atoms with van der Waals surface area (Å²) in [4.78, 5) is 29.7. The van der Waals surface area contributed by atoms with Crippen molar-refractivity contribution in [1.82, 2.24) is 19.9 Å². The number of imidazole rings is 1. The van der Waals surface area contributed by atoms with Crippen molar-refractivity contribution in [3.05, 3.63) is 115 Å². The van der Waals surface area contributed by atoms with E-state index in [4.69, 9.17) is 0 Å². The van der Waals surface area contributed by atoms with Crippen LogP contribution in [0.15, 0.2) is 97.6 Å². The second kappa shape index (κ2) is 9.06. The molecule has 3 aromatic carbocycles. The highest BCUT2D eigenvalue weighted by Crippen LogP contribution is 2.32. The summed E-state index contributed by atoms with van der Waals surface area (Å²) in [6.45, 7) is 2.56. The maximum Gasteiger partial charge on any atom is 0.272 e. The lowest BCUT2D eigenvalue weighted by Gasteiger charge is -2.24. The van der Waals surface area contributed by atoms with Gasteiger partial charge in [-0.05, 0) is 40.3 Å². The predicted octanol–water partition coefficient (Wildman–Crippen LogP) is 5.29. The standard InChI is InChI=1S/C29H25N5O/c35-29(27-15-22-8-4-5-9-24(22)16-31-27)34-13-12-33(19-26-17-30-20-32-26)28-11-10-23(14-25(28)18-34)21-6-2-1-3-7-21/h1-11,14-17,20H,12-13,18-19H2,(H,30,32). The summed E-state index contributed by atoms with van der Waals surface area (Å²) >= 11 is 0. The number of rotatable bonds is 4. The van der Waals surface area contributed by atoms with E-state index in [1.165, 1.54) is 0 Å². The number of hydrogen-bond donors (Lipinski definition) is 1. The molecule has 6 nitrogen and oxygen atoms in total. The fourth-order valence-electron chi connectivity index (χ4n) is 4.75. The molecule has 1 aliphatic rings. The van der Waals surface area contributed by atoms with Crippen LogP contribution in [0.25, 0.3) is 21.9 Å². The molecule has 0 aliphatic carbocycles. The monoisotopic (exact) mass is 459 g/mol. The third kappa shape index (κ3) is 4.26. The van der Waals surface area contributed by atoms with E-state index < -0.39 is 0 Å². The highest BCUT2D eigenvalue weighted by atomic mass is 16.2. The van der Waals surface area contributed by atoms with E-state index in [-0.39, 0.29) is 5.91 Å². The van der Waals surface area contributed by atoms with Gasteiger partial charge >= 0.3 is 0 Å². The van der Waals surface area contributed by atoms with Crippen molar-refractivity contribution in [1.29, 1.82) is 0 Å². The molecule has 5 aromatic rings. The predicted molar refractivity (Wildman–Crippen MR) is 138 cm³/mol. The lowest BCUT2D eigenvalue weighted by molar-refractivity contribution is 0.0745. The van der Waals surface area contributed by atoms with Crippen LogP contribution in [0.1, 0.15) is 21.7 Å². The third-order valence-corrected chi connectivity index (χ3v) is 6.58. The summed E-state index contributed by atoms with van der Waals surface area (Å²) in [5, 5.41) is 2.05. The van der Waals surface area contributed by atoms with Crippen LogP contribution in [0.4, 0.5) is 5.69 Å². The first kappa shape index (κ1) is 21.1. The van der Waals surface area contributed by atoms with Gasteiger partial charge in [0.25, 0.3) is 5.91 Å². The van der Waals surface area contributed by atoms with E-state index in [2.05, 4.69) is 50.2 Å². The van der Waals surface area contributed by atoms with Crippen LogP contribution in [-0.2, 0) is 13.1 Å². The van der Waals surface area contributed by atoms with Gasteiger partial charge in [0.2, 0.25) is 0 Å². The fourth-order valence-corrected chi connectivity index (χ4v) is 4.75. The highest BCUT2D eigenvalue weighted by Gasteiger charge is 2.25. The molecule has 1 amide bonds. The Morgan fingerprint density at radius 3 is 2.51 bits per heavy atom. The number of nitrogens with zero attached hydrogens (tertiary/aromatic N) is 4. The Morgan fingerprint density at radius 2 is 1.69 bits per heavy atom. The normalized spacial score (nSPS) is 13.5. The van der Waals surface area contributed by atoms with Gasteiger partial charge in [-0.3, -0.25) is 9.78 Å². The van der Waals surface area contributed by atoms with Crippen molar-refractivity contribution in [2.45, 2.75) is 13.1 Å². The smallest absolute Gasteiger partial charge is 0.272 e. The second-order valence-electron chi connectivity index (χ2n) is 8.85. The molecule has 0 fully saturated rings. The second-order valence-corrected chi connectivity index (χ2v) is 8.85. The van der Waals surface area contributed by atoms with Crippen LogP contribution in [0.3, 0.4) is 0 Å². The minimum Gasteiger partial charge on any atom is -0.364 e. The molecule has 0 spiro atoms. The SMILES string of the molecule is O=C(c1cc2ccccc2cn1)N1CCN(Cc2cnc[nH]2)c2ccc(-c3ccccc3)cc2C1. The Kier molecular flexibility index (Phi) is 5.47. The number of aromatic nitrogens is 3. The van der Waals surface area contributed by atoms with Crippen molar-refractivity contribution < 1.29 is 4.79 Å². The molecular formula is C29H25N5O. The summed E-state index contributed by atoms with van der Waals surface area (Å²) in [6.07, 6.45) is 5.34. The Hall–Kier alpha value is -4.45. The van der Waals surface area contributed by atoms with Crippen molar-refractivity contribution in [3.63, 3.8) is 0 Å². The van der Waals surface area contributed by atoms with E-state index >= 15 is 0 Å². The number of benzene rings is 3. The van der Waals surface area contributed by atoms with E-state index in [0.717, 1.165) is 45.4 Å². The summed E-state index contributed by atoms with van der Waals surface area (Å²) in [5.74, 6) is -0.0461. The van der Waals surface area contributed by atoms with Gasteiger partial charge in [0.05, 0.1) is 18.6 Å². The molecule has 0 saturated carbocycles. The Balaban J connectivity index is 1.36. The van der Waals surface area contributed by atoms with E-state index in [1.807, 2.05) is 59.6 Å². The zero-order valence-electron chi connectivity index (χ0n) is 19.3. The molecule has 6 heteroatoms.